The van der Waals surface area contributed by atoms with Gasteiger partial charge in [0.05, 0.1) is 6.54 Å². The first-order valence-corrected chi connectivity index (χ1v) is 9.51. The molecule has 1 heterocycles. The Morgan fingerprint density at radius 3 is 2.57 bits per heavy atom. The normalized spacial score (nSPS) is 10.6. The molecular weight excluding hydrogens is 381 g/mol. The van der Waals surface area contributed by atoms with Crippen molar-refractivity contribution in [1.29, 1.82) is 0 Å². The fourth-order valence-electron chi connectivity index (χ4n) is 3.00. The third kappa shape index (κ3) is 5.11. The Morgan fingerprint density at radius 1 is 0.967 bits per heavy atom. The van der Waals surface area contributed by atoms with Crippen LogP contribution in [-0.2, 0) is 13.2 Å². The van der Waals surface area contributed by atoms with Gasteiger partial charge in [0.15, 0.2) is 0 Å². The molecular formula is C24H20FN3O2. The summed E-state index contributed by atoms with van der Waals surface area (Å²) < 4.78 is 20.8. The lowest BCUT2D eigenvalue weighted by Crippen LogP contribution is -2.12. The SMILES string of the molecule is O=C(Nc1cccc(OCc2cccc(F)c2)c1)c1ccc(Cn2cccn2)cc1. The lowest BCUT2D eigenvalue weighted by Gasteiger charge is -2.10. The number of anilines is 1. The van der Waals surface area contributed by atoms with Gasteiger partial charge in [0.1, 0.15) is 18.2 Å². The molecule has 0 atom stereocenters. The summed E-state index contributed by atoms with van der Waals surface area (Å²) in [5.74, 6) is 0.0855. The first-order valence-electron chi connectivity index (χ1n) is 9.51. The number of amides is 1. The van der Waals surface area contributed by atoms with Crippen LogP contribution in [0.25, 0.3) is 0 Å². The largest absolute Gasteiger partial charge is 0.489 e. The number of hydrogen-bond acceptors (Lipinski definition) is 3. The highest BCUT2D eigenvalue weighted by molar-refractivity contribution is 6.04. The van der Waals surface area contributed by atoms with E-state index in [4.69, 9.17) is 4.74 Å². The molecule has 30 heavy (non-hydrogen) atoms. The van der Waals surface area contributed by atoms with E-state index in [9.17, 15) is 9.18 Å². The number of aromatic nitrogens is 2. The predicted molar refractivity (Wildman–Crippen MR) is 113 cm³/mol. The van der Waals surface area contributed by atoms with Crippen LogP contribution in [0.1, 0.15) is 21.5 Å². The Bertz CT molecular complexity index is 1130. The molecule has 0 aliphatic heterocycles. The molecule has 4 rings (SSSR count). The van der Waals surface area contributed by atoms with Crippen molar-refractivity contribution >= 4 is 11.6 Å². The Balaban J connectivity index is 1.36. The van der Waals surface area contributed by atoms with Crippen molar-refractivity contribution in [1.82, 2.24) is 9.78 Å². The maximum atomic E-state index is 13.3. The molecule has 0 aliphatic rings. The van der Waals surface area contributed by atoms with Crippen molar-refractivity contribution in [3.05, 3.63) is 114 Å². The summed E-state index contributed by atoms with van der Waals surface area (Å²) in [5.41, 5.74) is 2.98. The van der Waals surface area contributed by atoms with E-state index < -0.39 is 0 Å². The Kier molecular flexibility index (Phi) is 5.85. The van der Waals surface area contributed by atoms with Crippen molar-refractivity contribution < 1.29 is 13.9 Å². The third-order valence-electron chi connectivity index (χ3n) is 4.51. The van der Waals surface area contributed by atoms with Crippen molar-refractivity contribution in [2.75, 3.05) is 5.32 Å². The lowest BCUT2D eigenvalue weighted by atomic mass is 10.1. The quantitative estimate of drug-likeness (QED) is 0.479. The molecule has 0 saturated heterocycles. The van der Waals surface area contributed by atoms with Crippen LogP contribution in [0.3, 0.4) is 0 Å². The number of carbonyl (C=O) groups excluding carboxylic acids is 1. The fraction of sp³-hybridized carbons (Fsp3) is 0.0833. The van der Waals surface area contributed by atoms with Crippen LogP contribution in [0.15, 0.2) is 91.3 Å². The summed E-state index contributed by atoms with van der Waals surface area (Å²) in [7, 11) is 0. The highest BCUT2D eigenvalue weighted by atomic mass is 19.1. The number of benzene rings is 3. The summed E-state index contributed by atoms with van der Waals surface area (Å²) in [6.07, 6.45) is 3.63. The molecule has 0 saturated carbocycles. The molecule has 0 bridgehead atoms. The third-order valence-corrected chi connectivity index (χ3v) is 4.51. The van der Waals surface area contributed by atoms with Gasteiger partial charge >= 0.3 is 0 Å². The van der Waals surface area contributed by atoms with E-state index in [1.54, 1.807) is 54.7 Å². The number of halogens is 1. The minimum atomic E-state index is -0.298. The Hall–Kier alpha value is -3.93. The number of rotatable bonds is 7. The first-order chi connectivity index (χ1) is 14.7. The van der Waals surface area contributed by atoms with Gasteiger partial charge in [-0.25, -0.2) is 4.39 Å². The predicted octanol–water partition coefficient (Wildman–Crippen LogP) is 4.90. The van der Waals surface area contributed by atoms with Gasteiger partial charge in [0, 0.05) is 29.7 Å². The summed E-state index contributed by atoms with van der Waals surface area (Å²) in [6.45, 7) is 0.895. The molecule has 1 aromatic heterocycles. The minimum Gasteiger partial charge on any atom is -0.489 e. The van der Waals surface area contributed by atoms with Crippen LogP contribution >= 0.6 is 0 Å². The Labute approximate surface area is 173 Å². The van der Waals surface area contributed by atoms with Crippen LogP contribution in [0, 0.1) is 5.82 Å². The van der Waals surface area contributed by atoms with Crippen molar-refractivity contribution in [3.63, 3.8) is 0 Å². The van der Waals surface area contributed by atoms with Gasteiger partial charge in [0.25, 0.3) is 5.91 Å². The number of nitrogens with one attached hydrogen (secondary N) is 1. The van der Waals surface area contributed by atoms with Crippen molar-refractivity contribution in [2.24, 2.45) is 0 Å². The van der Waals surface area contributed by atoms with Gasteiger partial charge in [-0.1, -0.05) is 30.3 Å². The molecule has 0 spiro atoms. The number of nitrogens with zero attached hydrogens (tertiary/aromatic N) is 2. The van der Waals surface area contributed by atoms with Crippen LogP contribution in [0.5, 0.6) is 5.75 Å². The second-order valence-electron chi connectivity index (χ2n) is 6.80. The van der Waals surface area contributed by atoms with Gasteiger partial charge in [-0.15, -0.1) is 0 Å². The minimum absolute atomic E-state index is 0.206. The molecule has 0 unspecified atom stereocenters. The zero-order valence-electron chi connectivity index (χ0n) is 16.2. The van der Waals surface area contributed by atoms with E-state index in [0.717, 1.165) is 11.1 Å². The highest BCUT2D eigenvalue weighted by Crippen LogP contribution is 2.20. The van der Waals surface area contributed by atoms with E-state index in [1.807, 2.05) is 29.1 Å². The van der Waals surface area contributed by atoms with Crippen LogP contribution < -0.4 is 10.1 Å². The molecule has 4 aromatic rings. The fourth-order valence-corrected chi connectivity index (χ4v) is 3.00. The molecule has 3 aromatic carbocycles. The van der Waals surface area contributed by atoms with E-state index in [1.165, 1.54) is 12.1 Å². The topological polar surface area (TPSA) is 56.1 Å². The van der Waals surface area contributed by atoms with Crippen molar-refractivity contribution in [3.8, 4) is 5.75 Å². The van der Waals surface area contributed by atoms with E-state index >= 15 is 0 Å². The highest BCUT2D eigenvalue weighted by Gasteiger charge is 2.07. The molecule has 0 fully saturated rings. The maximum Gasteiger partial charge on any atom is 0.255 e. The standard InChI is InChI=1S/C24H20FN3O2/c25-21-5-1-4-19(14-21)17-30-23-7-2-6-22(15-23)27-24(29)20-10-8-18(9-11-20)16-28-13-3-12-26-28/h1-15H,16-17H2,(H,27,29). The van der Waals surface area contributed by atoms with Gasteiger partial charge in [0.2, 0.25) is 0 Å². The summed E-state index contributed by atoms with van der Waals surface area (Å²) in [5, 5.41) is 7.05. The lowest BCUT2D eigenvalue weighted by molar-refractivity contribution is 0.102. The van der Waals surface area contributed by atoms with E-state index in [-0.39, 0.29) is 18.3 Å². The average molecular weight is 401 g/mol. The zero-order valence-corrected chi connectivity index (χ0v) is 16.2. The average Bonchev–Trinajstić information content (AvgIpc) is 3.26. The number of carbonyl (C=O) groups is 1. The molecule has 1 N–H and O–H groups in total. The molecule has 0 aliphatic carbocycles. The van der Waals surface area contributed by atoms with Gasteiger partial charge in [-0.05, 0) is 53.6 Å². The summed E-state index contributed by atoms with van der Waals surface area (Å²) >= 11 is 0. The first kappa shape index (κ1) is 19.4. The van der Waals surface area contributed by atoms with Gasteiger partial charge < -0.3 is 10.1 Å². The number of hydrogen-bond donors (Lipinski definition) is 1. The van der Waals surface area contributed by atoms with E-state index in [0.29, 0.717) is 23.5 Å². The Morgan fingerprint density at radius 2 is 1.80 bits per heavy atom. The van der Waals surface area contributed by atoms with Crippen LogP contribution in [-0.4, -0.2) is 15.7 Å². The van der Waals surface area contributed by atoms with Crippen LogP contribution in [0.2, 0.25) is 0 Å². The summed E-state index contributed by atoms with van der Waals surface area (Å²) in [4.78, 5) is 12.6. The second-order valence-corrected chi connectivity index (χ2v) is 6.80. The maximum absolute atomic E-state index is 13.3. The van der Waals surface area contributed by atoms with Gasteiger partial charge in [-0.3, -0.25) is 9.48 Å². The molecule has 6 heteroatoms. The molecule has 1 amide bonds. The second kappa shape index (κ2) is 9.05. The smallest absolute Gasteiger partial charge is 0.255 e. The molecule has 0 radical (unpaired) electrons. The summed E-state index contributed by atoms with van der Waals surface area (Å²) in [6, 6.07) is 22.7. The van der Waals surface area contributed by atoms with E-state index in [2.05, 4.69) is 10.4 Å². The monoisotopic (exact) mass is 401 g/mol. The zero-order chi connectivity index (χ0) is 20.8. The molecule has 150 valence electrons. The van der Waals surface area contributed by atoms with Gasteiger partial charge in [-0.2, -0.15) is 5.10 Å². The van der Waals surface area contributed by atoms with Crippen molar-refractivity contribution in [2.45, 2.75) is 13.2 Å². The number of ether oxygens (including phenoxy) is 1. The van der Waals surface area contributed by atoms with Crippen LogP contribution in [0.4, 0.5) is 10.1 Å². The molecule has 5 nitrogen and oxygen atoms in total.